The first-order chi connectivity index (χ1) is 14.4. The van der Waals surface area contributed by atoms with E-state index >= 15 is 0 Å². The van der Waals surface area contributed by atoms with Gasteiger partial charge in [-0.2, -0.15) is 0 Å². The van der Waals surface area contributed by atoms with Crippen molar-refractivity contribution in [1.82, 2.24) is 10.3 Å². The predicted octanol–water partition coefficient (Wildman–Crippen LogP) is 4.19. The maximum atomic E-state index is 13.4. The molecule has 0 saturated carbocycles. The van der Waals surface area contributed by atoms with Crippen molar-refractivity contribution in [1.29, 1.82) is 0 Å². The molecule has 1 aromatic heterocycles. The van der Waals surface area contributed by atoms with E-state index in [1.165, 1.54) is 18.3 Å². The molecule has 156 valence electrons. The van der Waals surface area contributed by atoms with Gasteiger partial charge in [0.05, 0.1) is 11.5 Å². The fraction of sp³-hybridized carbons (Fsp3) is 0.182. The number of aromatic nitrogens is 1. The highest BCUT2D eigenvalue weighted by molar-refractivity contribution is 9.10. The minimum atomic E-state index is -3.79. The number of rotatable bonds is 8. The zero-order chi connectivity index (χ0) is 21.6. The summed E-state index contributed by atoms with van der Waals surface area (Å²) in [6.07, 6.45) is 3.08. The third kappa shape index (κ3) is 5.25. The third-order valence-electron chi connectivity index (χ3n) is 4.45. The van der Waals surface area contributed by atoms with Crippen LogP contribution in [-0.4, -0.2) is 32.5 Å². The second kappa shape index (κ2) is 9.86. The largest absolute Gasteiger partial charge is 0.494 e. The van der Waals surface area contributed by atoms with E-state index in [-0.39, 0.29) is 17.3 Å². The summed E-state index contributed by atoms with van der Waals surface area (Å²) in [6.45, 7) is 2.26. The first kappa shape index (κ1) is 22.0. The van der Waals surface area contributed by atoms with E-state index in [9.17, 15) is 13.2 Å². The van der Waals surface area contributed by atoms with Gasteiger partial charge in [0, 0.05) is 29.0 Å². The number of carbonyl (C=O) groups excluding carboxylic acids is 1. The number of carbonyl (C=O) groups is 1. The second-order valence-electron chi connectivity index (χ2n) is 6.44. The highest BCUT2D eigenvalue weighted by Crippen LogP contribution is 2.29. The van der Waals surface area contributed by atoms with Gasteiger partial charge in [-0.25, -0.2) is 8.42 Å². The fourth-order valence-electron chi connectivity index (χ4n) is 2.92. The molecule has 1 amide bonds. The van der Waals surface area contributed by atoms with Crippen molar-refractivity contribution in [2.24, 2.45) is 0 Å². The number of pyridine rings is 1. The van der Waals surface area contributed by atoms with Crippen molar-refractivity contribution >= 4 is 31.7 Å². The summed E-state index contributed by atoms with van der Waals surface area (Å²) >= 11 is 3.33. The van der Waals surface area contributed by atoms with E-state index in [2.05, 4.69) is 26.2 Å². The number of sulfone groups is 1. The highest BCUT2D eigenvalue weighted by Gasteiger charge is 2.30. The molecule has 0 aliphatic rings. The minimum Gasteiger partial charge on any atom is -0.494 e. The van der Waals surface area contributed by atoms with E-state index in [1.54, 1.807) is 54.7 Å². The molecular formula is C22H21BrN2O4S. The molecular weight excluding hydrogens is 468 g/mol. The number of benzene rings is 2. The molecule has 1 atom stereocenters. The van der Waals surface area contributed by atoms with Gasteiger partial charge >= 0.3 is 0 Å². The summed E-state index contributed by atoms with van der Waals surface area (Å²) in [6, 6.07) is 16.5. The number of amides is 1. The molecule has 0 bridgehead atoms. The van der Waals surface area contributed by atoms with Crippen molar-refractivity contribution in [3.8, 4) is 5.75 Å². The number of nitrogens with zero attached hydrogens (tertiary/aromatic N) is 1. The summed E-state index contributed by atoms with van der Waals surface area (Å²) < 4.78 is 33.0. The minimum absolute atomic E-state index is 0.0872. The summed E-state index contributed by atoms with van der Waals surface area (Å²) in [5.74, 6) is 0.246. The van der Waals surface area contributed by atoms with Gasteiger partial charge in [0.15, 0.2) is 9.84 Å². The van der Waals surface area contributed by atoms with Crippen LogP contribution in [0, 0.1) is 0 Å². The van der Waals surface area contributed by atoms with Crippen molar-refractivity contribution in [3.63, 3.8) is 0 Å². The predicted molar refractivity (Wildman–Crippen MR) is 118 cm³/mol. The Balaban J connectivity index is 1.87. The smallest absolute Gasteiger partial charge is 0.251 e. The Hall–Kier alpha value is -2.71. The first-order valence-electron chi connectivity index (χ1n) is 9.32. The summed E-state index contributed by atoms with van der Waals surface area (Å²) in [7, 11) is -3.79. The topological polar surface area (TPSA) is 85.4 Å². The Kier molecular flexibility index (Phi) is 7.23. The summed E-state index contributed by atoms with van der Waals surface area (Å²) in [5.41, 5.74) is 0.948. The maximum absolute atomic E-state index is 13.4. The molecule has 2 aromatic carbocycles. The van der Waals surface area contributed by atoms with Gasteiger partial charge in [0.1, 0.15) is 11.0 Å². The molecule has 0 spiro atoms. The molecule has 0 fully saturated rings. The standard InChI is InChI=1S/C22H21BrN2O4S/c1-2-29-19-9-11-20(12-10-19)30(27,28)21(17-4-3-13-24-14-17)15-25-22(26)16-5-7-18(23)8-6-16/h3-14,21H,2,15H2,1H3,(H,25,26). The number of nitrogens with one attached hydrogen (secondary N) is 1. The first-order valence-corrected chi connectivity index (χ1v) is 11.7. The summed E-state index contributed by atoms with van der Waals surface area (Å²) in [5, 5.41) is 1.76. The molecule has 3 aromatic rings. The van der Waals surface area contributed by atoms with E-state index in [0.717, 1.165) is 4.47 Å². The van der Waals surface area contributed by atoms with Crippen LogP contribution in [0.3, 0.4) is 0 Å². The van der Waals surface area contributed by atoms with Gasteiger partial charge in [0.2, 0.25) is 0 Å². The van der Waals surface area contributed by atoms with Gasteiger partial charge in [-0.1, -0.05) is 22.0 Å². The van der Waals surface area contributed by atoms with Gasteiger partial charge in [0.25, 0.3) is 5.91 Å². The highest BCUT2D eigenvalue weighted by atomic mass is 79.9. The molecule has 0 saturated heterocycles. The number of hydrogen-bond acceptors (Lipinski definition) is 5. The molecule has 0 radical (unpaired) electrons. The van der Waals surface area contributed by atoms with E-state index in [1.807, 2.05) is 6.92 Å². The number of hydrogen-bond donors (Lipinski definition) is 1. The lowest BCUT2D eigenvalue weighted by molar-refractivity contribution is 0.0953. The molecule has 3 rings (SSSR count). The third-order valence-corrected chi connectivity index (χ3v) is 7.09. The van der Waals surface area contributed by atoms with Crippen LogP contribution in [0.1, 0.15) is 28.1 Å². The lowest BCUT2D eigenvalue weighted by Gasteiger charge is -2.19. The maximum Gasteiger partial charge on any atom is 0.251 e. The molecule has 1 N–H and O–H groups in total. The number of halogens is 1. The van der Waals surface area contributed by atoms with Crippen LogP contribution in [0.2, 0.25) is 0 Å². The zero-order valence-corrected chi connectivity index (χ0v) is 18.7. The van der Waals surface area contributed by atoms with Crippen molar-refractivity contribution in [2.45, 2.75) is 17.1 Å². The van der Waals surface area contributed by atoms with E-state index in [0.29, 0.717) is 23.5 Å². The Morgan fingerprint density at radius 1 is 1.10 bits per heavy atom. The van der Waals surface area contributed by atoms with Crippen molar-refractivity contribution in [3.05, 3.63) is 88.7 Å². The van der Waals surface area contributed by atoms with Gasteiger partial charge < -0.3 is 10.1 Å². The molecule has 30 heavy (non-hydrogen) atoms. The van der Waals surface area contributed by atoms with Crippen LogP contribution < -0.4 is 10.1 Å². The Morgan fingerprint density at radius 2 is 1.80 bits per heavy atom. The second-order valence-corrected chi connectivity index (χ2v) is 9.49. The normalized spacial score (nSPS) is 12.2. The lowest BCUT2D eigenvalue weighted by atomic mass is 10.2. The SMILES string of the molecule is CCOc1ccc(S(=O)(=O)C(CNC(=O)c2ccc(Br)cc2)c2cccnc2)cc1. The van der Waals surface area contributed by atoms with Gasteiger partial charge in [-0.3, -0.25) is 9.78 Å². The average Bonchev–Trinajstić information content (AvgIpc) is 2.75. The van der Waals surface area contributed by atoms with E-state index in [4.69, 9.17) is 4.74 Å². The van der Waals surface area contributed by atoms with Crippen molar-refractivity contribution in [2.75, 3.05) is 13.2 Å². The van der Waals surface area contributed by atoms with Gasteiger partial charge in [-0.05, 0) is 67.1 Å². The Morgan fingerprint density at radius 3 is 2.40 bits per heavy atom. The van der Waals surface area contributed by atoms with Crippen LogP contribution >= 0.6 is 15.9 Å². The van der Waals surface area contributed by atoms with Crippen molar-refractivity contribution < 1.29 is 17.9 Å². The van der Waals surface area contributed by atoms with Crippen LogP contribution in [-0.2, 0) is 9.84 Å². The molecule has 0 aliphatic heterocycles. The molecule has 1 unspecified atom stereocenters. The van der Waals surface area contributed by atoms with Crippen LogP contribution in [0.5, 0.6) is 5.75 Å². The molecule has 0 aliphatic carbocycles. The summed E-state index contributed by atoms with van der Waals surface area (Å²) in [4.78, 5) is 16.7. The average molecular weight is 489 g/mol. The molecule has 1 heterocycles. The zero-order valence-electron chi connectivity index (χ0n) is 16.3. The van der Waals surface area contributed by atoms with Crippen LogP contribution in [0.25, 0.3) is 0 Å². The lowest BCUT2D eigenvalue weighted by Crippen LogP contribution is -2.32. The molecule has 8 heteroatoms. The number of ether oxygens (including phenoxy) is 1. The Labute approximate surface area is 184 Å². The van der Waals surface area contributed by atoms with E-state index < -0.39 is 15.1 Å². The monoisotopic (exact) mass is 488 g/mol. The quantitative estimate of drug-likeness (QED) is 0.513. The van der Waals surface area contributed by atoms with Crippen LogP contribution in [0.4, 0.5) is 0 Å². The molecule has 6 nitrogen and oxygen atoms in total. The van der Waals surface area contributed by atoms with Crippen LogP contribution in [0.15, 0.2) is 82.4 Å². The van der Waals surface area contributed by atoms with Gasteiger partial charge in [-0.15, -0.1) is 0 Å². The fourth-order valence-corrected chi connectivity index (χ4v) is 4.83. The Bertz CT molecular complexity index is 1090.